The zero-order valence-electron chi connectivity index (χ0n) is 12.4. The summed E-state index contributed by atoms with van der Waals surface area (Å²) in [6.45, 7) is 6.48. The number of rotatable bonds is 4. The van der Waals surface area contributed by atoms with Gasteiger partial charge in [0.1, 0.15) is 5.84 Å². The summed E-state index contributed by atoms with van der Waals surface area (Å²) in [6.07, 6.45) is 2.44. The Hall–Kier alpha value is -1.55. The van der Waals surface area contributed by atoms with Crippen LogP contribution in [0.3, 0.4) is 0 Å². The third-order valence-electron chi connectivity index (χ3n) is 4.37. The summed E-state index contributed by atoms with van der Waals surface area (Å²) in [7, 11) is 0. The van der Waals surface area contributed by atoms with Crippen LogP contribution in [0.25, 0.3) is 0 Å². The molecule has 1 aromatic carbocycles. The molecule has 3 N–H and O–H groups in total. The van der Waals surface area contributed by atoms with Crippen molar-refractivity contribution in [2.75, 3.05) is 13.1 Å². The summed E-state index contributed by atoms with van der Waals surface area (Å²) < 4.78 is 0. The van der Waals surface area contributed by atoms with Crippen LogP contribution in [0, 0.1) is 5.92 Å². The first-order valence-corrected chi connectivity index (χ1v) is 7.38. The molecule has 0 saturated carbocycles. The molecule has 0 aliphatic carbocycles. The molecule has 3 atom stereocenters. The maximum absolute atomic E-state index is 9.05. The predicted octanol–water partition coefficient (Wildman–Crippen LogP) is 2.64. The van der Waals surface area contributed by atoms with Crippen LogP contribution in [-0.2, 0) is 0 Å². The molecule has 1 aliphatic heterocycles. The SMILES string of the molecule is CC1CCN(CC(C(N)=NO)c2ccccc2)C(C)C1. The highest BCUT2D eigenvalue weighted by molar-refractivity contribution is 5.87. The summed E-state index contributed by atoms with van der Waals surface area (Å²) in [6, 6.07) is 10.6. The fourth-order valence-electron chi connectivity index (χ4n) is 3.09. The van der Waals surface area contributed by atoms with Gasteiger partial charge in [-0.15, -0.1) is 0 Å². The van der Waals surface area contributed by atoms with Crippen molar-refractivity contribution in [1.29, 1.82) is 0 Å². The van der Waals surface area contributed by atoms with E-state index in [9.17, 15) is 0 Å². The van der Waals surface area contributed by atoms with Crippen molar-refractivity contribution in [2.24, 2.45) is 16.8 Å². The molecule has 3 unspecified atom stereocenters. The Morgan fingerprint density at radius 3 is 2.70 bits per heavy atom. The van der Waals surface area contributed by atoms with Gasteiger partial charge in [-0.1, -0.05) is 42.4 Å². The molecule has 4 nitrogen and oxygen atoms in total. The van der Waals surface area contributed by atoms with E-state index in [2.05, 4.69) is 23.9 Å². The molecule has 4 heteroatoms. The van der Waals surface area contributed by atoms with E-state index in [0.717, 1.165) is 24.6 Å². The number of piperidine rings is 1. The van der Waals surface area contributed by atoms with Gasteiger partial charge in [0.2, 0.25) is 0 Å². The van der Waals surface area contributed by atoms with Gasteiger partial charge in [-0.25, -0.2) is 0 Å². The Morgan fingerprint density at radius 2 is 2.10 bits per heavy atom. The van der Waals surface area contributed by atoms with Crippen LogP contribution < -0.4 is 5.73 Å². The predicted molar refractivity (Wildman–Crippen MR) is 82.0 cm³/mol. The van der Waals surface area contributed by atoms with Crippen molar-refractivity contribution in [3.63, 3.8) is 0 Å². The molecule has 1 aromatic rings. The standard InChI is InChI=1S/C16H25N3O/c1-12-8-9-19(13(2)10-12)11-15(16(17)18-20)14-6-4-3-5-7-14/h3-7,12-13,15,20H,8-11H2,1-2H3,(H2,17,18). The molecule has 1 heterocycles. The summed E-state index contributed by atoms with van der Waals surface area (Å²) in [5.41, 5.74) is 7.02. The monoisotopic (exact) mass is 275 g/mol. The van der Waals surface area contributed by atoms with Crippen LogP contribution >= 0.6 is 0 Å². The molecular formula is C16H25N3O. The molecule has 1 fully saturated rings. The summed E-state index contributed by atoms with van der Waals surface area (Å²) in [5.74, 6) is 1.04. The second-order valence-electron chi connectivity index (χ2n) is 5.96. The Balaban J connectivity index is 2.13. The summed E-state index contributed by atoms with van der Waals surface area (Å²) in [4.78, 5) is 2.45. The fourth-order valence-corrected chi connectivity index (χ4v) is 3.09. The maximum Gasteiger partial charge on any atom is 0.147 e. The summed E-state index contributed by atoms with van der Waals surface area (Å²) in [5, 5.41) is 12.3. The average Bonchev–Trinajstić information content (AvgIpc) is 2.46. The molecule has 1 saturated heterocycles. The molecular weight excluding hydrogens is 250 g/mol. The molecule has 110 valence electrons. The van der Waals surface area contributed by atoms with Crippen LogP contribution in [0.15, 0.2) is 35.5 Å². The molecule has 0 amide bonds. The zero-order valence-corrected chi connectivity index (χ0v) is 12.4. The molecule has 0 bridgehead atoms. The summed E-state index contributed by atoms with van der Waals surface area (Å²) >= 11 is 0. The minimum Gasteiger partial charge on any atom is -0.409 e. The van der Waals surface area contributed by atoms with E-state index in [-0.39, 0.29) is 5.92 Å². The number of hydrogen-bond donors (Lipinski definition) is 2. The van der Waals surface area contributed by atoms with Gasteiger partial charge >= 0.3 is 0 Å². The number of likely N-dealkylation sites (tertiary alicyclic amines) is 1. The lowest BCUT2D eigenvalue weighted by Gasteiger charge is -2.38. The Morgan fingerprint density at radius 1 is 1.40 bits per heavy atom. The highest BCUT2D eigenvalue weighted by atomic mass is 16.4. The van der Waals surface area contributed by atoms with Gasteiger partial charge in [-0.2, -0.15) is 0 Å². The van der Waals surface area contributed by atoms with Crippen LogP contribution in [-0.4, -0.2) is 35.1 Å². The van der Waals surface area contributed by atoms with Crippen LogP contribution in [0.1, 0.15) is 38.2 Å². The lowest BCUT2D eigenvalue weighted by molar-refractivity contribution is 0.127. The number of nitrogens with zero attached hydrogens (tertiary/aromatic N) is 2. The topological polar surface area (TPSA) is 61.8 Å². The second-order valence-corrected chi connectivity index (χ2v) is 5.96. The van der Waals surface area contributed by atoms with Crippen molar-refractivity contribution in [3.05, 3.63) is 35.9 Å². The van der Waals surface area contributed by atoms with E-state index in [4.69, 9.17) is 10.9 Å². The van der Waals surface area contributed by atoms with Crippen molar-refractivity contribution in [2.45, 2.75) is 38.6 Å². The third-order valence-corrected chi connectivity index (χ3v) is 4.37. The van der Waals surface area contributed by atoms with Gasteiger partial charge < -0.3 is 10.9 Å². The minimum absolute atomic E-state index is 0.0444. The van der Waals surface area contributed by atoms with E-state index in [0.29, 0.717) is 11.9 Å². The smallest absolute Gasteiger partial charge is 0.147 e. The first-order chi connectivity index (χ1) is 9.61. The maximum atomic E-state index is 9.05. The fraction of sp³-hybridized carbons (Fsp3) is 0.562. The van der Waals surface area contributed by atoms with Crippen LogP contribution in [0.5, 0.6) is 0 Å². The molecule has 2 rings (SSSR count). The first-order valence-electron chi connectivity index (χ1n) is 7.38. The average molecular weight is 275 g/mol. The van der Waals surface area contributed by atoms with E-state index in [1.54, 1.807) is 0 Å². The number of amidine groups is 1. The number of hydrogen-bond acceptors (Lipinski definition) is 3. The van der Waals surface area contributed by atoms with E-state index in [1.807, 2.05) is 30.3 Å². The Labute approximate surface area is 121 Å². The zero-order chi connectivity index (χ0) is 14.5. The Bertz CT molecular complexity index is 446. The highest BCUT2D eigenvalue weighted by Crippen LogP contribution is 2.26. The van der Waals surface area contributed by atoms with Crippen molar-refractivity contribution < 1.29 is 5.21 Å². The molecule has 20 heavy (non-hydrogen) atoms. The van der Waals surface area contributed by atoms with E-state index < -0.39 is 0 Å². The largest absolute Gasteiger partial charge is 0.409 e. The van der Waals surface area contributed by atoms with Gasteiger partial charge in [0.15, 0.2) is 0 Å². The van der Waals surface area contributed by atoms with Gasteiger partial charge in [0.25, 0.3) is 0 Å². The van der Waals surface area contributed by atoms with Gasteiger partial charge in [-0.3, -0.25) is 4.90 Å². The quantitative estimate of drug-likeness (QED) is 0.384. The number of nitrogens with two attached hydrogens (primary N) is 1. The molecule has 1 aliphatic rings. The van der Waals surface area contributed by atoms with Gasteiger partial charge in [0, 0.05) is 12.6 Å². The number of benzene rings is 1. The molecule has 0 spiro atoms. The molecule has 0 radical (unpaired) electrons. The van der Waals surface area contributed by atoms with Crippen molar-refractivity contribution >= 4 is 5.84 Å². The normalized spacial score (nSPS) is 26.4. The van der Waals surface area contributed by atoms with Crippen molar-refractivity contribution in [3.8, 4) is 0 Å². The van der Waals surface area contributed by atoms with Crippen LogP contribution in [0.4, 0.5) is 0 Å². The number of oxime groups is 1. The second kappa shape index (κ2) is 6.75. The molecule has 0 aromatic heterocycles. The van der Waals surface area contributed by atoms with Crippen LogP contribution in [0.2, 0.25) is 0 Å². The lowest BCUT2D eigenvalue weighted by Crippen LogP contribution is -2.44. The van der Waals surface area contributed by atoms with Gasteiger partial charge in [0.05, 0.1) is 5.92 Å². The third kappa shape index (κ3) is 3.51. The van der Waals surface area contributed by atoms with E-state index >= 15 is 0 Å². The first kappa shape index (κ1) is 14.9. The Kier molecular flexibility index (Phi) is 5.01. The highest BCUT2D eigenvalue weighted by Gasteiger charge is 2.27. The van der Waals surface area contributed by atoms with E-state index in [1.165, 1.54) is 12.8 Å². The lowest BCUT2D eigenvalue weighted by atomic mass is 9.90. The minimum atomic E-state index is -0.0444. The van der Waals surface area contributed by atoms with Gasteiger partial charge in [-0.05, 0) is 37.8 Å². The van der Waals surface area contributed by atoms with Crippen molar-refractivity contribution in [1.82, 2.24) is 4.90 Å².